The molecule has 0 atom stereocenters. The standard InChI is InChI=1S/C18H21NO3/c1-20-13-16-4-2-3-14(9-16)11-19-12-15-5-6-17-18(10-15)22-8-7-21-17/h2-6,9-10,19H,7-8,11-13H2,1H3. The number of methoxy groups -OCH3 is 1. The molecule has 1 aliphatic heterocycles. The van der Waals surface area contributed by atoms with E-state index in [-0.39, 0.29) is 0 Å². The Morgan fingerprint density at radius 3 is 2.45 bits per heavy atom. The minimum atomic E-state index is 0.621. The highest BCUT2D eigenvalue weighted by Gasteiger charge is 2.11. The van der Waals surface area contributed by atoms with E-state index in [1.807, 2.05) is 12.1 Å². The van der Waals surface area contributed by atoms with Crippen molar-refractivity contribution in [1.29, 1.82) is 0 Å². The van der Waals surface area contributed by atoms with E-state index < -0.39 is 0 Å². The van der Waals surface area contributed by atoms with Gasteiger partial charge in [-0.05, 0) is 28.8 Å². The number of benzene rings is 2. The van der Waals surface area contributed by atoms with Crippen molar-refractivity contribution >= 4 is 0 Å². The number of hydrogen-bond acceptors (Lipinski definition) is 4. The maximum Gasteiger partial charge on any atom is 0.161 e. The van der Waals surface area contributed by atoms with Crippen molar-refractivity contribution in [3.8, 4) is 11.5 Å². The van der Waals surface area contributed by atoms with Crippen LogP contribution in [-0.4, -0.2) is 20.3 Å². The fourth-order valence-corrected chi connectivity index (χ4v) is 2.54. The molecule has 0 aromatic heterocycles. The maximum atomic E-state index is 5.60. The summed E-state index contributed by atoms with van der Waals surface area (Å²) in [5.41, 5.74) is 3.64. The van der Waals surface area contributed by atoms with E-state index in [1.165, 1.54) is 16.7 Å². The van der Waals surface area contributed by atoms with Crippen LogP contribution in [0.2, 0.25) is 0 Å². The van der Waals surface area contributed by atoms with Crippen molar-refractivity contribution in [2.24, 2.45) is 0 Å². The Morgan fingerprint density at radius 2 is 1.64 bits per heavy atom. The molecule has 1 aliphatic rings. The molecule has 0 bridgehead atoms. The van der Waals surface area contributed by atoms with Crippen LogP contribution in [0.25, 0.3) is 0 Å². The third-order valence-corrected chi connectivity index (χ3v) is 3.57. The molecule has 4 nitrogen and oxygen atoms in total. The van der Waals surface area contributed by atoms with Gasteiger partial charge in [0.05, 0.1) is 6.61 Å². The molecule has 0 saturated carbocycles. The molecule has 1 N–H and O–H groups in total. The van der Waals surface area contributed by atoms with Crippen LogP contribution in [-0.2, 0) is 24.4 Å². The largest absolute Gasteiger partial charge is 0.486 e. The van der Waals surface area contributed by atoms with Crippen molar-refractivity contribution in [2.75, 3.05) is 20.3 Å². The van der Waals surface area contributed by atoms with Gasteiger partial charge in [0.2, 0.25) is 0 Å². The number of rotatable bonds is 6. The summed E-state index contributed by atoms with van der Waals surface area (Å²) in [5.74, 6) is 1.68. The first-order valence-corrected chi connectivity index (χ1v) is 7.51. The number of ether oxygens (including phenoxy) is 3. The molecular formula is C18H21NO3. The zero-order valence-electron chi connectivity index (χ0n) is 12.8. The minimum Gasteiger partial charge on any atom is -0.486 e. The molecule has 1 heterocycles. The van der Waals surface area contributed by atoms with Crippen LogP contribution in [0.5, 0.6) is 11.5 Å². The maximum absolute atomic E-state index is 5.60. The van der Waals surface area contributed by atoms with Crippen molar-refractivity contribution in [3.63, 3.8) is 0 Å². The lowest BCUT2D eigenvalue weighted by Gasteiger charge is -2.19. The van der Waals surface area contributed by atoms with E-state index >= 15 is 0 Å². The number of fused-ring (bicyclic) bond motifs is 1. The summed E-state index contributed by atoms with van der Waals surface area (Å²) in [6.45, 7) is 3.52. The van der Waals surface area contributed by atoms with Gasteiger partial charge in [-0.3, -0.25) is 0 Å². The first-order chi connectivity index (χ1) is 10.8. The van der Waals surface area contributed by atoms with Crippen molar-refractivity contribution < 1.29 is 14.2 Å². The summed E-state index contributed by atoms with van der Waals surface area (Å²) >= 11 is 0. The third kappa shape index (κ3) is 3.78. The Labute approximate surface area is 131 Å². The van der Waals surface area contributed by atoms with E-state index in [0.717, 1.165) is 24.6 Å². The normalized spacial score (nSPS) is 13.1. The summed E-state index contributed by atoms with van der Waals surface area (Å²) in [5, 5.41) is 3.46. The Hall–Kier alpha value is -2.04. The van der Waals surface area contributed by atoms with Gasteiger partial charge in [-0.25, -0.2) is 0 Å². The molecule has 4 heteroatoms. The van der Waals surface area contributed by atoms with Crippen LogP contribution in [0, 0.1) is 0 Å². The summed E-state index contributed by atoms with van der Waals surface area (Å²) < 4.78 is 16.3. The highest BCUT2D eigenvalue weighted by Crippen LogP contribution is 2.30. The Kier molecular flexibility index (Phi) is 4.93. The molecule has 2 aromatic carbocycles. The molecule has 3 rings (SSSR count). The number of nitrogens with one attached hydrogen (secondary N) is 1. The fraction of sp³-hybridized carbons (Fsp3) is 0.333. The predicted molar refractivity (Wildman–Crippen MR) is 85.1 cm³/mol. The lowest BCUT2D eigenvalue weighted by atomic mass is 10.1. The van der Waals surface area contributed by atoms with E-state index in [4.69, 9.17) is 14.2 Å². The van der Waals surface area contributed by atoms with E-state index in [9.17, 15) is 0 Å². The van der Waals surface area contributed by atoms with Crippen LogP contribution in [0.3, 0.4) is 0 Å². The van der Waals surface area contributed by atoms with Crippen molar-refractivity contribution in [2.45, 2.75) is 19.7 Å². The second kappa shape index (κ2) is 7.29. The van der Waals surface area contributed by atoms with Crippen molar-refractivity contribution in [1.82, 2.24) is 5.32 Å². The molecule has 2 aromatic rings. The molecule has 0 aliphatic carbocycles. The van der Waals surface area contributed by atoms with Gasteiger partial charge in [-0.1, -0.05) is 30.3 Å². The molecule has 22 heavy (non-hydrogen) atoms. The molecule has 0 radical (unpaired) electrons. The SMILES string of the molecule is COCc1cccc(CNCc2ccc3c(c2)OCCO3)c1. The van der Waals surface area contributed by atoms with E-state index in [1.54, 1.807) is 7.11 Å². The van der Waals surface area contributed by atoms with Gasteiger partial charge in [-0.15, -0.1) is 0 Å². The van der Waals surface area contributed by atoms with Gasteiger partial charge in [-0.2, -0.15) is 0 Å². The smallest absolute Gasteiger partial charge is 0.161 e. The monoisotopic (exact) mass is 299 g/mol. The van der Waals surface area contributed by atoms with Crippen LogP contribution in [0.15, 0.2) is 42.5 Å². The Morgan fingerprint density at radius 1 is 0.909 bits per heavy atom. The summed E-state index contributed by atoms with van der Waals surface area (Å²) in [6.07, 6.45) is 0. The zero-order valence-corrected chi connectivity index (χ0v) is 12.8. The Balaban J connectivity index is 1.55. The van der Waals surface area contributed by atoms with Crippen LogP contribution >= 0.6 is 0 Å². The second-order valence-electron chi connectivity index (χ2n) is 5.33. The molecule has 116 valence electrons. The average Bonchev–Trinajstić information content (AvgIpc) is 2.55. The second-order valence-corrected chi connectivity index (χ2v) is 5.33. The molecule has 0 spiro atoms. The summed E-state index contributed by atoms with van der Waals surface area (Å²) in [6, 6.07) is 14.5. The highest BCUT2D eigenvalue weighted by atomic mass is 16.6. The van der Waals surface area contributed by atoms with Gasteiger partial charge in [0.15, 0.2) is 11.5 Å². The lowest BCUT2D eigenvalue weighted by molar-refractivity contribution is 0.171. The van der Waals surface area contributed by atoms with Crippen LogP contribution in [0.1, 0.15) is 16.7 Å². The summed E-state index contributed by atoms with van der Waals surface area (Å²) in [4.78, 5) is 0. The van der Waals surface area contributed by atoms with Gasteiger partial charge in [0, 0.05) is 20.2 Å². The number of hydrogen-bond donors (Lipinski definition) is 1. The molecular weight excluding hydrogens is 278 g/mol. The average molecular weight is 299 g/mol. The fourth-order valence-electron chi connectivity index (χ4n) is 2.54. The van der Waals surface area contributed by atoms with Gasteiger partial charge < -0.3 is 19.5 Å². The first-order valence-electron chi connectivity index (χ1n) is 7.51. The highest BCUT2D eigenvalue weighted by molar-refractivity contribution is 5.43. The Bertz CT molecular complexity index is 627. The third-order valence-electron chi connectivity index (χ3n) is 3.57. The topological polar surface area (TPSA) is 39.7 Å². The minimum absolute atomic E-state index is 0.621. The van der Waals surface area contributed by atoms with Crippen molar-refractivity contribution in [3.05, 3.63) is 59.2 Å². The van der Waals surface area contributed by atoms with E-state index in [0.29, 0.717) is 19.8 Å². The van der Waals surface area contributed by atoms with Gasteiger partial charge in [0.25, 0.3) is 0 Å². The zero-order chi connectivity index (χ0) is 15.2. The molecule has 0 amide bonds. The molecule has 0 saturated heterocycles. The predicted octanol–water partition coefficient (Wildman–Crippen LogP) is 2.89. The van der Waals surface area contributed by atoms with E-state index in [2.05, 4.69) is 35.6 Å². The van der Waals surface area contributed by atoms with Gasteiger partial charge in [0.1, 0.15) is 13.2 Å². The first kappa shape index (κ1) is 14.9. The summed E-state index contributed by atoms with van der Waals surface area (Å²) in [7, 11) is 1.72. The molecule has 0 fully saturated rings. The quantitative estimate of drug-likeness (QED) is 0.890. The van der Waals surface area contributed by atoms with Crippen LogP contribution in [0.4, 0.5) is 0 Å². The van der Waals surface area contributed by atoms with Gasteiger partial charge >= 0.3 is 0 Å². The molecule has 0 unspecified atom stereocenters. The lowest BCUT2D eigenvalue weighted by Crippen LogP contribution is -2.16. The van der Waals surface area contributed by atoms with Crippen LogP contribution < -0.4 is 14.8 Å².